The van der Waals surface area contributed by atoms with Gasteiger partial charge in [0, 0.05) is 23.4 Å². The zero-order chi connectivity index (χ0) is 18.5. The van der Waals surface area contributed by atoms with E-state index in [1.54, 1.807) is 24.3 Å². The van der Waals surface area contributed by atoms with Crippen LogP contribution in [0.5, 0.6) is 0 Å². The summed E-state index contributed by atoms with van der Waals surface area (Å²) < 4.78 is 30.0. The standard InChI is InChI=1S/C7H8N2O.C6H6N2O5S/c8-6-3-1-5(2-4-6)7(9)10;7-5-2-1-4(8(9)10)3-6(5)14(11,12)13/h1-4H,8H2,(H2,9,10);1-3H,7H2,(H,11,12,13). The molecule has 0 aliphatic carbocycles. The zero-order valence-electron chi connectivity index (χ0n) is 12.1. The van der Waals surface area contributed by atoms with Crippen molar-refractivity contribution >= 4 is 33.1 Å². The van der Waals surface area contributed by atoms with Crippen LogP contribution < -0.4 is 17.2 Å². The van der Waals surface area contributed by atoms with Crippen LogP contribution in [0, 0.1) is 10.1 Å². The third-order valence-corrected chi connectivity index (χ3v) is 3.59. The van der Waals surface area contributed by atoms with Crippen molar-refractivity contribution in [2.75, 3.05) is 11.5 Å². The van der Waals surface area contributed by atoms with Gasteiger partial charge in [0.25, 0.3) is 15.8 Å². The Morgan fingerprint density at radius 2 is 1.62 bits per heavy atom. The normalized spacial score (nSPS) is 10.4. The SMILES string of the molecule is NC(=O)c1ccc(N)cc1.Nc1ccc([N+](=O)[O-])cc1S(=O)(=O)O. The van der Waals surface area contributed by atoms with Crippen LogP contribution in [0.4, 0.5) is 17.1 Å². The number of rotatable bonds is 3. The maximum atomic E-state index is 10.7. The van der Waals surface area contributed by atoms with E-state index < -0.39 is 31.5 Å². The molecule has 1 amide bonds. The van der Waals surface area contributed by atoms with Gasteiger partial charge in [0.1, 0.15) is 4.90 Å². The average Bonchev–Trinajstić information content (AvgIpc) is 2.47. The smallest absolute Gasteiger partial charge is 0.296 e. The van der Waals surface area contributed by atoms with Gasteiger partial charge in [-0.15, -0.1) is 0 Å². The van der Waals surface area contributed by atoms with Gasteiger partial charge in [-0.1, -0.05) is 0 Å². The number of nitro benzene ring substituents is 1. The van der Waals surface area contributed by atoms with Crippen molar-refractivity contribution in [2.45, 2.75) is 4.90 Å². The third-order valence-electron chi connectivity index (χ3n) is 2.68. The summed E-state index contributed by atoms with van der Waals surface area (Å²) in [5, 5.41) is 10.3. The molecule has 7 N–H and O–H groups in total. The summed E-state index contributed by atoms with van der Waals surface area (Å²) in [6.07, 6.45) is 0. The second kappa shape index (κ2) is 7.39. The lowest BCUT2D eigenvalue weighted by Crippen LogP contribution is -2.10. The molecule has 0 atom stereocenters. The maximum Gasteiger partial charge on any atom is 0.296 e. The van der Waals surface area contributed by atoms with Crippen molar-refractivity contribution in [3.63, 3.8) is 0 Å². The van der Waals surface area contributed by atoms with Crippen LogP contribution in [0.2, 0.25) is 0 Å². The summed E-state index contributed by atoms with van der Waals surface area (Å²) in [5.74, 6) is -0.431. The molecule has 0 heterocycles. The van der Waals surface area contributed by atoms with E-state index in [1.165, 1.54) is 0 Å². The van der Waals surface area contributed by atoms with Crippen LogP contribution in [0.25, 0.3) is 0 Å². The van der Waals surface area contributed by atoms with Crippen molar-refractivity contribution in [3.8, 4) is 0 Å². The van der Waals surface area contributed by atoms with Gasteiger partial charge in [0.15, 0.2) is 0 Å². The van der Waals surface area contributed by atoms with Crippen molar-refractivity contribution in [1.82, 2.24) is 0 Å². The second-order valence-corrected chi connectivity index (χ2v) is 5.83. The monoisotopic (exact) mass is 354 g/mol. The topological polar surface area (TPSA) is 193 Å². The van der Waals surface area contributed by atoms with Gasteiger partial charge in [0.2, 0.25) is 5.91 Å². The lowest BCUT2D eigenvalue weighted by molar-refractivity contribution is -0.385. The Hall–Kier alpha value is -3.18. The minimum Gasteiger partial charge on any atom is -0.399 e. The molecule has 128 valence electrons. The molecular formula is C13H14N4O6S. The number of nitrogen functional groups attached to an aromatic ring is 2. The van der Waals surface area contributed by atoms with Crippen LogP contribution in [-0.2, 0) is 10.1 Å². The van der Waals surface area contributed by atoms with E-state index in [9.17, 15) is 23.3 Å². The molecule has 0 saturated heterocycles. The first-order chi connectivity index (χ1) is 11.0. The van der Waals surface area contributed by atoms with Crippen molar-refractivity contribution < 1.29 is 22.7 Å². The lowest BCUT2D eigenvalue weighted by atomic mass is 10.2. The van der Waals surface area contributed by atoms with E-state index in [0.717, 1.165) is 12.1 Å². The fraction of sp³-hybridized carbons (Fsp3) is 0. The maximum absolute atomic E-state index is 10.7. The summed E-state index contributed by atoms with van der Waals surface area (Å²) >= 11 is 0. The highest BCUT2D eigenvalue weighted by Crippen LogP contribution is 2.23. The van der Waals surface area contributed by atoms with Crippen LogP contribution >= 0.6 is 0 Å². The van der Waals surface area contributed by atoms with E-state index in [4.69, 9.17) is 21.8 Å². The number of carbonyl (C=O) groups is 1. The van der Waals surface area contributed by atoms with Crippen LogP contribution in [-0.4, -0.2) is 23.8 Å². The van der Waals surface area contributed by atoms with E-state index in [-0.39, 0.29) is 5.69 Å². The number of hydrogen-bond donors (Lipinski definition) is 4. The fourth-order valence-corrected chi connectivity index (χ4v) is 2.14. The first-order valence-corrected chi connectivity index (χ1v) is 7.63. The van der Waals surface area contributed by atoms with Gasteiger partial charge >= 0.3 is 0 Å². The molecule has 0 aromatic heterocycles. The molecule has 0 spiro atoms. The second-order valence-electron chi connectivity index (χ2n) is 4.44. The van der Waals surface area contributed by atoms with Gasteiger partial charge in [-0.2, -0.15) is 8.42 Å². The predicted octanol–water partition coefficient (Wildman–Crippen LogP) is 0.791. The molecule has 24 heavy (non-hydrogen) atoms. The molecular weight excluding hydrogens is 340 g/mol. The number of hydrogen-bond acceptors (Lipinski definition) is 7. The molecule has 0 aliphatic rings. The Kier molecular flexibility index (Phi) is 5.81. The number of benzene rings is 2. The van der Waals surface area contributed by atoms with E-state index in [2.05, 4.69) is 0 Å². The summed E-state index contributed by atoms with van der Waals surface area (Å²) in [6, 6.07) is 9.26. The number of nitrogens with two attached hydrogens (primary N) is 3. The average molecular weight is 354 g/mol. The molecule has 2 aromatic carbocycles. The fourth-order valence-electron chi connectivity index (χ4n) is 1.51. The minimum absolute atomic E-state index is 0.238. The summed E-state index contributed by atoms with van der Waals surface area (Å²) in [5.41, 5.74) is 16.0. The lowest BCUT2D eigenvalue weighted by Gasteiger charge is -2.00. The molecule has 2 rings (SSSR count). The van der Waals surface area contributed by atoms with Gasteiger partial charge in [-0.3, -0.25) is 19.5 Å². The molecule has 0 fully saturated rings. The Morgan fingerprint density at radius 1 is 1.08 bits per heavy atom. The molecule has 0 bridgehead atoms. The van der Waals surface area contributed by atoms with Crippen molar-refractivity contribution in [2.24, 2.45) is 5.73 Å². The summed E-state index contributed by atoms with van der Waals surface area (Å²) in [4.78, 5) is 19.3. The number of amides is 1. The largest absolute Gasteiger partial charge is 0.399 e. The van der Waals surface area contributed by atoms with E-state index in [1.807, 2.05) is 0 Å². The Bertz CT molecular complexity index is 865. The summed E-state index contributed by atoms with van der Waals surface area (Å²) in [6.45, 7) is 0. The quantitative estimate of drug-likeness (QED) is 0.269. The molecule has 0 radical (unpaired) electrons. The van der Waals surface area contributed by atoms with E-state index in [0.29, 0.717) is 17.3 Å². The van der Waals surface area contributed by atoms with Gasteiger partial charge in [-0.05, 0) is 30.3 Å². The first-order valence-electron chi connectivity index (χ1n) is 6.19. The highest BCUT2D eigenvalue weighted by molar-refractivity contribution is 7.86. The number of non-ortho nitro benzene ring substituents is 1. The molecule has 0 saturated carbocycles. The van der Waals surface area contributed by atoms with Crippen molar-refractivity contribution in [3.05, 3.63) is 58.1 Å². The molecule has 10 nitrogen and oxygen atoms in total. The Labute approximate surface area is 136 Å². The predicted molar refractivity (Wildman–Crippen MR) is 86.7 cm³/mol. The van der Waals surface area contributed by atoms with E-state index >= 15 is 0 Å². The van der Waals surface area contributed by atoms with Gasteiger partial charge in [-0.25, -0.2) is 0 Å². The number of nitro groups is 1. The number of anilines is 2. The van der Waals surface area contributed by atoms with Gasteiger partial charge in [0.05, 0.1) is 10.6 Å². The molecule has 0 aliphatic heterocycles. The number of primary amides is 1. The zero-order valence-corrected chi connectivity index (χ0v) is 12.9. The molecule has 11 heteroatoms. The van der Waals surface area contributed by atoms with Gasteiger partial charge < -0.3 is 17.2 Å². The highest BCUT2D eigenvalue weighted by Gasteiger charge is 2.18. The first kappa shape index (κ1) is 18.9. The van der Waals surface area contributed by atoms with Crippen LogP contribution in [0.1, 0.15) is 10.4 Å². The number of carbonyl (C=O) groups excluding carboxylic acids is 1. The van der Waals surface area contributed by atoms with Crippen molar-refractivity contribution in [1.29, 1.82) is 0 Å². The van der Waals surface area contributed by atoms with Crippen LogP contribution in [0.15, 0.2) is 47.4 Å². The Morgan fingerprint density at radius 3 is 2.04 bits per heavy atom. The molecule has 2 aromatic rings. The third kappa shape index (κ3) is 5.23. The highest BCUT2D eigenvalue weighted by atomic mass is 32.2. The Balaban J connectivity index is 0.000000254. The molecule has 0 unspecified atom stereocenters. The number of nitrogens with zero attached hydrogens (tertiary/aromatic N) is 1. The van der Waals surface area contributed by atoms with Crippen LogP contribution in [0.3, 0.4) is 0 Å². The summed E-state index contributed by atoms with van der Waals surface area (Å²) in [7, 11) is -4.52. The minimum atomic E-state index is -4.52.